The van der Waals surface area contributed by atoms with Gasteiger partial charge in [-0.15, -0.1) is 0 Å². The molecule has 10 rings (SSSR count). The highest BCUT2D eigenvalue weighted by Crippen LogP contribution is 2.41. The molecule has 0 aliphatic carbocycles. The summed E-state index contributed by atoms with van der Waals surface area (Å²) in [6.45, 7) is 0. The first-order chi connectivity index (χ1) is 24.3. The molecule has 2 aromatic heterocycles. The van der Waals surface area contributed by atoms with Crippen LogP contribution in [0.4, 0.5) is 17.1 Å². The zero-order chi connectivity index (χ0) is 32.3. The van der Waals surface area contributed by atoms with E-state index in [2.05, 4.69) is 169 Å². The van der Waals surface area contributed by atoms with E-state index in [4.69, 9.17) is 8.83 Å². The molecule has 0 N–H and O–H groups in total. The lowest BCUT2D eigenvalue weighted by Crippen LogP contribution is -2.10. The highest BCUT2D eigenvalue weighted by atomic mass is 16.3. The Morgan fingerprint density at radius 2 is 0.898 bits per heavy atom. The first-order valence-electron chi connectivity index (χ1n) is 16.6. The minimum atomic E-state index is 0.867. The lowest BCUT2D eigenvalue weighted by atomic mass is 10.0. The fraction of sp³-hybridized carbons (Fsp3) is 0. The third-order valence-electron chi connectivity index (χ3n) is 9.65. The molecule has 8 aromatic carbocycles. The molecule has 0 saturated heterocycles. The van der Waals surface area contributed by atoms with Crippen LogP contribution in [0.2, 0.25) is 0 Å². The van der Waals surface area contributed by atoms with Crippen LogP contribution >= 0.6 is 0 Å². The summed E-state index contributed by atoms with van der Waals surface area (Å²) in [6.07, 6.45) is 0. The fourth-order valence-corrected chi connectivity index (χ4v) is 7.24. The lowest BCUT2D eigenvalue weighted by Gasteiger charge is -2.26. The predicted octanol–water partition coefficient (Wildman–Crippen LogP) is 13.4. The van der Waals surface area contributed by atoms with Gasteiger partial charge in [0.25, 0.3) is 0 Å². The monoisotopic (exact) mass is 627 g/mol. The molecule has 0 aliphatic rings. The van der Waals surface area contributed by atoms with Gasteiger partial charge >= 0.3 is 0 Å². The molecule has 3 heteroatoms. The fourth-order valence-electron chi connectivity index (χ4n) is 7.24. The standard InChI is InChI=1S/C46H29NO2/c1-2-9-30(10-3-1)33-12-8-13-36(27-33)47(37-23-26-40-39-15-6-7-16-43(39)48-45(40)29-37)35-21-17-31(18-22-35)34-20-24-41-42-25-19-32-11-4-5-14-38(32)46(42)49-44(41)28-34/h1-29H. The van der Waals surface area contributed by atoms with Crippen molar-refractivity contribution in [3.63, 3.8) is 0 Å². The Morgan fingerprint density at radius 3 is 1.80 bits per heavy atom. The normalized spacial score (nSPS) is 11.7. The van der Waals surface area contributed by atoms with Crippen LogP contribution in [0.1, 0.15) is 0 Å². The molecule has 3 nitrogen and oxygen atoms in total. The average molecular weight is 628 g/mol. The SMILES string of the molecule is c1ccc(-c2cccc(N(c3ccc(-c4ccc5c(c4)oc4c6ccccc6ccc54)cc3)c3ccc4c(c3)oc3ccccc34)c2)cc1. The molecule has 0 bridgehead atoms. The van der Waals surface area contributed by atoms with E-state index in [1.807, 2.05) is 12.1 Å². The summed E-state index contributed by atoms with van der Waals surface area (Å²) in [7, 11) is 0. The van der Waals surface area contributed by atoms with Gasteiger partial charge in [-0.2, -0.15) is 0 Å². The number of nitrogens with zero attached hydrogens (tertiary/aromatic N) is 1. The minimum absolute atomic E-state index is 0.867. The highest BCUT2D eigenvalue weighted by molar-refractivity contribution is 6.15. The maximum atomic E-state index is 6.49. The first-order valence-corrected chi connectivity index (χ1v) is 16.6. The summed E-state index contributed by atoms with van der Waals surface area (Å²) in [5.41, 5.74) is 11.3. The summed E-state index contributed by atoms with van der Waals surface area (Å²) < 4.78 is 12.8. The summed E-state index contributed by atoms with van der Waals surface area (Å²) in [4.78, 5) is 2.30. The van der Waals surface area contributed by atoms with Crippen molar-refractivity contribution in [2.75, 3.05) is 4.90 Å². The van der Waals surface area contributed by atoms with Crippen LogP contribution in [0.3, 0.4) is 0 Å². The van der Waals surface area contributed by atoms with Crippen LogP contribution in [0.5, 0.6) is 0 Å². The molecule has 0 amide bonds. The molecule has 230 valence electrons. The topological polar surface area (TPSA) is 29.5 Å². The van der Waals surface area contributed by atoms with E-state index in [-0.39, 0.29) is 0 Å². The highest BCUT2D eigenvalue weighted by Gasteiger charge is 2.17. The zero-order valence-electron chi connectivity index (χ0n) is 26.5. The predicted molar refractivity (Wildman–Crippen MR) is 204 cm³/mol. The molecule has 0 radical (unpaired) electrons. The number of fused-ring (bicyclic) bond motifs is 8. The average Bonchev–Trinajstić information content (AvgIpc) is 3.74. The number of para-hydroxylation sites is 1. The van der Waals surface area contributed by atoms with Gasteiger partial charge < -0.3 is 13.7 Å². The Kier molecular flexibility index (Phi) is 6.18. The molecule has 0 unspecified atom stereocenters. The van der Waals surface area contributed by atoms with Crippen molar-refractivity contribution in [2.45, 2.75) is 0 Å². The first kappa shape index (κ1) is 27.5. The van der Waals surface area contributed by atoms with Gasteiger partial charge in [-0.05, 0) is 88.3 Å². The van der Waals surface area contributed by atoms with Crippen LogP contribution in [-0.4, -0.2) is 0 Å². The number of hydrogen-bond acceptors (Lipinski definition) is 3. The van der Waals surface area contributed by atoms with Gasteiger partial charge in [0.2, 0.25) is 0 Å². The van der Waals surface area contributed by atoms with Crippen molar-refractivity contribution in [3.8, 4) is 22.3 Å². The molecule has 0 atom stereocenters. The van der Waals surface area contributed by atoms with Crippen LogP contribution in [-0.2, 0) is 0 Å². The van der Waals surface area contributed by atoms with Gasteiger partial charge in [-0.25, -0.2) is 0 Å². The number of hydrogen-bond donors (Lipinski definition) is 0. The number of rotatable bonds is 5. The quantitative estimate of drug-likeness (QED) is 0.190. The zero-order valence-corrected chi connectivity index (χ0v) is 26.5. The van der Waals surface area contributed by atoms with Crippen LogP contribution < -0.4 is 4.90 Å². The van der Waals surface area contributed by atoms with Gasteiger partial charge in [0, 0.05) is 50.1 Å². The molecular weight excluding hydrogens is 599 g/mol. The second-order valence-electron chi connectivity index (χ2n) is 12.6. The maximum Gasteiger partial charge on any atom is 0.143 e. The van der Waals surface area contributed by atoms with E-state index < -0.39 is 0 Å². The van der Waals surface area contributed by atoms with E-state index in [9.17, 15) is 0 Å². The molecule has 0 spiro atoms. The second-order valence-corrected chi connectivity index (χ2v) is 12.6. The molecule has 0 fully saturated rings. The maximum absolute atomic E-state index is 6.49. The molecule has 49 heavy (non-hydrogen) atoms. The van der Waals surface area contributed by atoms with Crippen LogP contribution in [0.15, 0.2) is 185 Å². The summed E-state index contributed by atoms with van der Waals surface area (Å²) in [5, 5.41) is 6.84. The molecular formula is C46H29NO2. The van der Waals surface area contributed by atoms with Gasteiger partial charge in [0.05, 0.1) is 0 Å². The van der Waals surface area contributed by atoms with Crippen molar-refractivity contribution in [2.24, 2.45) is 0 Å². The third-order valence-corrected chi connectivity index (χ3v) is 9.65. The lowest BCUT2D eigenvalue weighted by molar-refractivity contribution is 0.669. The Balaban J connectivity index is 1.08. The Labute approximate surface area is 282 Å². The van der Waals surface area contributed by atoms with Gasteiger partial charge in [0.1, 0.15) is 22.3 Å². The minimum Gasteiger partial charge on any atom is -0.456 e. The van der Waals surface area contributed by atoms with Gasteiger partial charge in [-0.1, -0.05) is 109 Å². The van der Waals surface area contributed by atoms with Gasteiger partial charge in [0.15, 0.2) is 0 Å². The Morgan fingerprint density at radius 1 is 0.306 bits per heavy atom. The molecule has 0 saturated carbocycles. The van der Waals surface area contributed by atoms with Crippen molar-refractivity contribution < 1.29 is 8.83 Å². The van der Waals surface area contributed by atoms with Crippen LogP contribution in [0, 0.1) is 0 Å². The van der Waals surface area contributed by atoms with E-state index in [1.165, 1.54) is 10.9 Å². The second kappa shape index (κ2) is 11.0. The number of benzene rings is 8. The summed E-state index contributed by atoms with van der Waals surface area (Å²) in [6, 6.07) is 62.0. The van der Waals surface area contributed by atoms with Crippen molar-refractivity contribution in [1.29, 1.82) is 0 Å². The molecule has 10 aromatic rings. The Hall–Kier alpha value is -6.58. The van der Waals surface area contributed by atoms with E-state index >= 15 is 0 Å². The van der Waals surface area contributed by atoms with E-state index in [0.29, 0.717) is 0 Å². The van der Waals surface area contributed by atoms with E-state index in [1.54, 1.807) is 0 Å². The largest absolute Gasteiger partial charge is 0.456 e. The van der Waals surface area contributed by atoms with Crippen molar-refractivity contribution in [1.82, 2.24) is 0 Å². The number of anilines is 3. The van der Waals surface area contributed by atoms with Crippen molar-refractivity contribution in [3.05, 3.63) is 176 Å². The van der Waals surface area contributed by atoms with Crippen LogP contribution in [0.25, 0.3) is 76.9 Å². The van der Waals surface area contributed by atoms with Gasteiger partial charge in [-0.3, -0.25) is 0 Å². The molecule has 2 heterocycles. The molecule has 0 aliphatic heterocycles. The smallest absolute Gasteiger partial charge is 0.143 e. The summed E-state index contributed by atoms with van der Waals surface area (Å²) >= 11 is 0. The third kappa shape index (κ3) is 4.59. The Bertz CT molecular complexity index is 2830. The van der Waals surface area contributed by atoms with E-state index in [0.717, 1.165) is 83.0 Å². The van der Waals surface area contributed by atoms with Crippen molar-refractivity contribution >= 4 is 71.7 Å². The summed E-state index contributed by atoms with van der Waals surface area (Å²) in [5.74, 6) is 0. The number of furan rings is 2.